The molecule has 0 saturated heterocycles. The molecule has 0 unspecified atom stereocenters. The zero-order valence-corrected chi connectivity index (χ0v) is 10.6. The summed E-state index contributed by atoms with van der Waals surface area (Å²) in [6.45, 7) is 3.89. The van der Waals surface area contributed by atoms with E-state index in [0.29, 0.717) is 5.95 Å². The van der Waals surface area contributed by atoms with Gasteiger partial charge in [-0.25, -0.2) is 4.98 Å². The second-order valence-electron chi connectivity index (χ2n) is 3.45. The van der Waals surface area contributed by atoms with Gasteiger partial charge in [-0.2, -0.15) is 0 Å². The van der Waals surface area contributed by atoms with Crippen LogP contribution in [0.2, 0.25) is 0 Å². The van der Waals surface area contributed by atoms with Gasteiger partial charge in [0.15, 0.2) is 0 Å². The van der Waals surface area contributed by atoms with Crippen LogP contribution in [0.5, 0.6) is 0 Å². The molecule has 1 N–H and O–H groups in total. The Hall–Kier alpha value is -1.49. The van der Waals surface area contributed by atoms with Crippen molar-refractivity contribution in [2.24, 2.45) is 10.2 Å². The molecule has 4 nitrogen and oxygen atoms in total. The van der Waals surface area contributed by atoms with Gasteiger partial charge in [0.05, 0.1) is 11.4 Å². The average Bonchev–Trinajstić information content (AvgIpc) is 2.58. The maximum absolute atomic E-state index is 4.22. The lowest BCUT2D eigenvalue weighted by molar-refractivity contribution is 1.11. The number of aromatic amines is 1. The minimum Gasteiger partial charge on any atom is -0.325 e. The highest BCUT2D eigenvalue weighted by Gasteiger charge is 1.99. The van der Waals surface area contributed by atoms with Crippen LogP contribution < -0.4 is 0 Å². The Morgan fingerprint density at radius 1 is 1.12 bits per heavy atom. The van der Waals surface area contributed by atoms with Gasteiger partial charge < -0.3 is 4.98 Å². The number of aryl methyl sites for hydroxylation is 2. The molecule has 82 valence electrons. The van der Waals surface area contributed by atoms with Crippen molar-refractivity contribution in [1.82, 2.24) is 9.97 Å². The fourth-order valence-electron chi connectivity index (χ4n) is 1.19. The Morgan fingerprint density at radius 3 is 2.38 bits per heavy atom. The fourth-order valence-corrected chi connectivity index (χ4v) is 1.45. The zero-order chi connectivity index (χ0) is 11.5. The number of halogens is 1. The van der Waals surface area contributed by atoms with Gasteiger partial charge in [0, 0.05) is 10.2 Å². The van der Waals surface area contributed by atoms with Crippen LogP contribution in [0.1, 0.15) is 11.4 Å². The second-order valence-corrected chi connectivity index (χ2v) is 4.36. The van der Waals surface area contributed by atoms with Gasteiger partial charge in [-0.1, -0.05) is 15.9 Å². The predicted octanol–water partition coefficient (Wildman–Crippen LogP) is 4.20. The summed E-state index contributed by atoms with van der Waals surface area (Å²) < 4.78 is 1.02. The third kappa shape index (κ3) is 2.55. The first-order chi connectivity index (χ1) is 7.65. The van der Waals surface area contributed by atoms with Crippen molar-refractivity contribution < 1.29 is 0 Å². The van der Waals surface area contributed by atoms with Crippen molar-refractivity contribution in [2.75, 3.05) is 0 Å². The lowest BCUT2D eigenvalue weighted by Crippen LogP contribution is -1.71. The number of H-pyrrole nitrogens is 1. The van der Waals surface area contributed by atoms with Crippen molar-refractivity contribution in [2.45, 2.75) is 13.8 Å². The Kier molecular flexibility index (Phi) is 3.14. The molecule has 0 aliphatic rings. The van der Waals surface area contributed by atoms with Crippen LogP contribution in [0.3, 0.4) is 0 Å². The number of nitrogens with one attached hydrogen (secondary N) is 1. The summed E-state index contributed by atoms with van der Waals surface area (Å²) in [5.41, 5.74) is 2.77. The quantitative estimate of drug-likeness (QED) is 0.823. The van der Waals surface area contributed by atoms with Crippen LogP contribution >= 0.6 is 15.9 Å². The van der Waals surface area contributed by atoms with E-state index < -0.39 is 0 Å². The highest BCUT2D eigenvalue weighted by molar-refractivity contribution is 9.10. The molecular formula is C11H11BrN4. The van der Waals surface area contributed by atoms with Gasteiger partial charge in [0.2, 0.25) is 5.95 Å². The Balaban J connectivity index is 2.17. The fraction of sp³-hybridized carbons (Fsp3) is 0.182. The zero-order valence-electron chi connectivity index (χ0n) is 9.03. The summed E-state index contributed by atoms with van der Waals surface area (Å²) in [5, 5.41) is 8.11. The number of hydrogen-bond acceptors (Lipinski definition) is 3. The smallest absolute Gasteiger partial charge is 0.247 e. The second kappa shape index (κ2) is 4.57. The molecule has 0 fully saturated rings. The van der Waals surface area contributed by atoms with E-state index >= 15 is 0 Å². The van der Waals surface area contributed by atoms with Crippen molar-refractivity contribution in [1.29, 1.82) is 0 Å². The Labute approximate surface area is 102 Å². The van der Waals surface area contributed by atoms with Gasteiger partial charge in [0.25, 0.3) is 0 Å². The first kappa shape index (κ1) is 11.0. The van der Waals surface area contributed by atoms with Crippen LogP contribution in [-0.2, 0) is 0 Å². The van der Waals surface area contributed by atoms with Gasteiger partial charge in [-0.05, 0) is 38.1 Å². The SMILES string of the molecule is Cc1nc(N=Nc2ccc(Br)cc2)[nH]c1C. The number of aromatic nitrogens is 2. The van der Waals surface area contributed by atoms with E-state index in [2.05, 4.69) is 36.1 Å². The largest absolute Gasteiger partial charge is 0.325 e. The highest BCUT2D eigenvalue weighted by Crippen LogP contribution is 2.19. The number of rotatable bonds is 2. The van der Waals surface area contributed by atoms with E-state index in [1.165, 1.54) is 0 Å². The molecular weight excluding hydrogens is 268 g/mol. The molecule has 0 atom stereocenters. The van der Waals surface area contributed by atoms with Crippen molar-refractivity contribution >= 4 is 27.6 Å². The molecule has 0 radical (unpaired) electrons. The van der Waals surface area contributed by atoms with Gasteiger partial charge >= 0.3 is 0 Å². The summed E-state index contributed by atoms with van der Waals surface area (Å²) in [7, 11) is 0. The van der Waals surface area contributed by atoms with Crippen molar-refractivity contribution in [3.8, 4) is 0 Å². The van der Waals surface area contributed by atoms with Gasteiger partial charge in [-0.15, -0.1) is 10.2 Å². The molecule has 0 spiro atoms. The molecule has 0 aliphatic heterocycles. The molecule has 0 bridgehead atoms. The number of imidazole rings is 1. The van der Waals surface area contributed by atoms with Crippen molar-refractivity contribution in [3.63, 3.8) is 0 Å². The third-order valence-corrected chi connectivity index (χ3v) is 2.73. The molecule has 2 aromatic rings. The van der Waals surface area contributed by atoms with Crippen LogP contribution in [0.15, 0.2) is 39.0 Å². The summed E-state index contributed by atoms with van der Waals surface area (Å²) in [4.78, 5) is 7.26. The van der Waals surface area contributed by atoms with Gasteiger partial charge in [0.1, 0.15) is 0 Å². The normalized spacial score (nSPS) is 11.2. The lowest BCUT2D eigenvalue weighted by Gasteiger charge is -1.91. The molecule has 0 amide bonds. The molecule has 1 heterocycles. The first-order valence-electron chi connectivity index (χ1n) is 4.85. The summed E-state index contributed by atoms with van der Waals surface area (Å²) in [6.07, 6.45) is 0. The molecule has 1 aromatic carbocycles. The molecule has 2 rings (SSSR count). The molecule has 5 heteroatoms. The highest BCUT2D eigenvalue weighted by atomic mass is 79.9. The molecule has 0 saturated carbocycles. The summed E-state index contributed by atoms with van der Waals surface area (Å²) in [5.74, 6) is 0.540. The number of nitrogens with zero attached hydrogens (tertiary/aromatic N) is 3. The summed E-state index contributed by atoms with van der Waals surface area (Å²) in [6, 6.07) is 7.62. The van der Waals surface area contributed by atoms with Crippen LogP contribution in [0, 0.1) is 13.8 Å². The molecule has 1 aromatic heterocycles. The minimum atomic E-state index is 0.540. The Morgan fingerprint density at radius 2 is 1.81 bits per heavy atom. The topological polar surface area (TPSA) is 53.4 Å². The predicted molar refractivity (Wildman–Crippen MR) is 66.4 cm³/mol. The van der Waals surface area contributed by atoms with E-state index in [0.717, 1.165) is 21.5 Å². The maximum atomic E-state index is 4.22. The van der Waals surface area contributed by atoms with Crippen molar-refractivity contribution in [3.05, 3.63) is 40.1 Å². The third-order valence-electron chi connectivity index (χ3n) is 2.20. The number of hydrogen-bond donors (Lipinski definition) is 1. The number of benzene rings is 1. The van der Waals surface area contributed by atoms with Crippen LogP contribution in [0.4, 0.5) is 11.6 Å². The number of azo groups is 1. The van der Waals surface area contributed by atoms with Gasteiger partial charge in [-0.3, -0.25) is 0 Å². The van der Waals surface area contributed by atoms with E-state index in [4.69, 9.17) is 0 Å². The van der Waals surface area contributed by atoms with Crippen LogP contribution in [-0.4, -0.2) is 9.97 Å². The van der Waals surface area contributed by atoms with Crippen LogP contribution in [0.25, 0.3) is 0 Å². The minimum absolute atomic E-state index is 0.540. The van der Waals surface area contributed by atoms with E-state index in [-0.39, 0.29) is 0 Å². The lowest BCUT2D eigenvalue weighted by atomic mass is 10.3. The summed E-state index contributed by atoms with van der Waals surface area (Å²) >= 11 is 3.36. The average molecular weight is 279 g/mol. The van der Waals surface area contributed by atoms with E-state index in [9.17, 15) is 0 Å². The standard InChI is InChI=1S/C11H11BrN4/c1-7-8(2)14-11(13-7)16-15-10-5-3-9(12)4-6-10/h3-6H,1-2H3,(H,13,14). The monoisotopic (exact) mass is 278 g/mol. The molecule has 16 heavy (non-hydrogen) atoms. The Bertz CT molecular complexity index is 494. The first-order valence-corrected chi connectivity index (χ1v) is 5.65. The van der Waals surface area contributed by atoms with E-state index in [1.54, 1.807) is 0 Å². The maximum Gasteiger partial charge on any atom is 0.247 e. The van der Waals surface area contributed by atoms with E-state index in [1.807, 2.05) is 38.1 Å². The molecule has 0 aliphatic carbocycles.